The number of halogens is 3. The molecule has 0 aromatic heterocycles. The van der Waals surface area contributed by atoms with Crippen LogP contribution in [0.15, 0.2) is 36.4 Å². The summed E-state index contributed by atoms with van der Waals surface area (Å²) in [6, 6.07) is 9.21. The summed E-state index contributed by atoms with van der Waals surface area (Å²) in [7, 11) is 0. The molecular weight excluding hydrogens is 296 g/mol. The highest BCUT2D eigenvalue weighted by Gasteiger charge is 2.15. The lowest BCUT2D eigenvalue weighted by Crippen LogP contribution is -2.22. The lowest BCUT2D eigenvalue weighted by atomic mass is 10.2. The Hall–Kier alpha value is -1.65. The second kappa shape index (κ2) is 6.87. The number of nitrogens with one attached hydrogen (secondary N) is 1. The number of benzene rings is 2. The van der Waals surface area contributed by atoms with Crippen LogP contribution in [0.25, 0.3) is 0 Å². The van der Waals surface area contributed by atoms with E-state index in [2.05, 4.69) is 5.32 Å². The molecule has 0 radical (unpaired) electrons. The van der Waals surface area contributed by atoms with Crippen molar-refractivity contribution in [3.05, 3.63) is 58.6 Å². The smallest absolute Gasteiger partial charge is 0.184 e. The van der Waals surface area contributed by atoms with Gasteiger partial charge in [0.25, 0.3) is 0 Å². The van der Waals surface area contributed by atoms with Crippen molar-refractivity contribution >= 4 is 11.6 Å². The fraction of sp³-hybridized carbons (Fsp3) is 0.250. The van der Waals surface area contributed by atoms with Crippen molar-refractivity contribution in [3.63, 3.8) is 0 Å². The molecule has 0 aliphatic heterocycles. The second-order valence-electron chi connectivity index (χ2n) is 4.92. The zero-order chi connectivity index (χ0) is 15.4. The van der Waals surface area contributed by atoms with E-state index in [1.54, 1.807) is 18.2 Å². The molecule has 5 heteroatoms. The molecule has 0 bridgehead atoms. The lowest BCUT2D eigenvalue weighted by molar-refractivity contribution is 0.407. The van der Waals surface area contributed by atoms with Gasteiger partial charge in [-0.1, -0.05) is 43.6 Å². The Morgan fingerprint density at radius 3 is 2.57 bits per heavy atom. The van der Waals surface area contributed by atoms with E-state index in [9.17, 15) is 8.78 Å². The molecule has 21 heavy (non-hydrogen) atoms. The molecule has 0 unspecified atom stereocenters. The minimum Gasteiger partial charge on any atom is -0.451 e. The van der Waals surface area contributed by atoms with Crippen molar-refractivity contribution in [1.29, 1.82) is 0 Å². The summed E-state index contributed by atoms with van der Waals surface area (Å²) in [6.45, 7) is 4.39. The normalized spacial score (nSPS) is 11.0. The minimum atomic E-state index is -0.704. The number of ether oxygens (including phenoxy) is 1. The van der Waals surface area contributed by atoms with Gasteiger partial charge in [0, 0.05) is 18.2 Å². The first-order valence-corrected chi connectivity index (χ1v) is 6.99. The van der Waals surface area contributed by atoms with Crippen LogP contribution in [0, 0.1) is 11.6 Å². The van der Waals surface area contributed by atoms with Gasteiger partial charge in [-0.15, -0.1) is 0 Å². The van der Waals surface area contributed by atoms with Crippen LogP contribution in [0.2, 0.25) is 5.02 Å². The van der Waals surface area contributed by atoms with Gasteiger partial charge >= 0.3 is 0 Å². The first kappa shape index (κ1) is 15.7. The number of rotatable bonds is 5. The first-order chi connectivity index (χ1) is 9.99. The molecular formula is C16H16ClF2NO. The second-order valence-corrected chi connectivity index (χ2v) is 5.32. The van der Waals surface area contributed by atoms with E-state index in [0.717, 1.165) is 0 Å². The van der Waals surface area contributed by atoms with Crippen molar-refractivity contribution in [2.24, 2.45) is 0 Å². The molecule has 0 heterocycles. The lowest BCUT2D eigenvalue weighted by Gasteiger charge is -2.14. The highest BCUT2D eigenvalue weighted by molar-refractivity contribution is 6.30. The van der Waals surface area contributed by atoms with Gasteiger partial charge < -0.3 is 10.1 Å². The number of hydrogen-bond donors (Lipinski definition) is 1. The van der Waals surface area contributed by atoms with Crippen LogP contribution in [0.1, 0.15) is 19.4 Å². The van der Waals surface area contributed by atoms with Gasteiger partial charge in [0.1, 0.15) is 0 Å². The van der Waals surface area contributed by atoms with Gasteiger partial charge in [-0.25, -0.2) is 8.78 Å². The Kier molecular flexibility index (Phi) is 5.15. The predicted octanol–water partition coefficient (Wildman–Crippen LogP) is 4.91. The molecule has 2 aromatic carbocycles. The molecule has 0 amide bonds. The fourth-order valence-corrected chi connectivity index (χ4v) is 1.96. The summed E-state index contributed by atoms with van der Waals surface area (Å²) in [6.07, 6.45) is 0. The quantitative estimate of drug-likeness (QED) is 0.847. The fourth-order valence-electron chi connectivity index (χ4n) is 1.79. The van der Waals surface area contributed by atoms with Gasteiger partial charge in [-0.3, -0.25) is 0 Å². The van der Waals surface area contributed by atoms with Crippen LogP contribution in [0.3, 0.4) is 0 Å². The third-order valence-electron chi connectivity index (χ3n) is 2.88. The molecule has 0 aliphatic carbocycles. The van der Waals surface area contributed by atoms with E-state index in [-0.39, 0.29) is 22.6 Å². The average molecular weight is 312 g/mol. The summed E-state index contributed by atoms with van der Waals surface area (Å²) < 4.78 is 33.3. The van der Waals surface area contributed by atoms with Crippen LogP contribution in [0.4, 0.5) is 8.78 Å². The van der Waals surface area contributed by atoms with E-state index in [1.165, 1.54) is 18.2 Å². The van der Waals surface area contributed by atoms with Crippen molar-refractivity contribution < 1.29 is 13.5 Å². The van der Waals surface area contributed by atoms with Gasteiger partial charge in [0.15, 0.2) is 23.1 Å². The first-order valence-electron chi connectivity index (χ1n) is 6.61. The van der Waals surface area contributed by atoms with E-state index in [0.29, 0.717) is 12.1 Å². The van der Waals surface area contributed by atoms with Crippen LogP contribution in [-0.2, 0) is 6.54 Å². The van der Waals surface area contributed by atoms with Gasteiger partial charge in [0.05, 0.1) is 5.02 Å². The number of hydrogen-bond acceptors (Lipinski definition) is 2. The monoisotopic (exact) mass is 311 g/mol. The van der Waals surface area contributed by atoms with Crippen molar-refractivity contribution in [2.45, 2.75) is 26.4 Å². The van der Waals surface area contributed by atoms with Gasteiger partial charge in [-0.05, 0) is 18.2 Å². The molecule has 0 aliphatic rings. The largest absolute Gasteiger partial charge is 0.451 e. The molecule has 0 saturated heterocycles. The maximum Gasteiger partial charge on any atom is 0.184 e. The molecule has 2 rings (SSSR count). The molecule has 2 aromatic rings. The van der Waals surface area contributed by atoms with E-state index in [1.807, 2.05) is 13.8 Å². The topological polar surface area (TPSA) is 21.3 Å². The molecule has 0 spiro atoms. The van der Waals surface area contributed by atoms with E-state index >= 15 is 0 Å². The maximum absolute atomic E-state index is 14.0. The maximum atomic E-state index is 14.0. The van der Waals surface area contributed by atoms with Crippen molar-refractivity contribution in [1.82, 2.24) is 5.32 Å². The van der Waals surface area contributed by atoms with Crippen molar-refractivity contribution in [2.75, 3.05) is 0 Å². The average Bonchev–Trinajstić information content (AvgIpc) is 2.44. The Balaban J connectivity index is 2.32. The molecule has 112 valence electrons. The van der Waals surface area contributed by atoms with Crippen LogP contribution >= 0.6 is 11.6 Å². The highest BCUT2D eigenvalue weighted by Crippen LogP contribution is 2.32. The Morgan fingerprint density at radius 2 is 1.86 bits per heavy atom. The standard InChI is InChI=1S/C16H16ClF2NO/c1-10(2)20-9-11-5-3-7-13(18)16(11)21-14-8-4-6-12(17)15(14)19/h3-8,10,20H,9H2,1-2H3. The number of para-hydroxylation sites is 1. The summed E-state index contributed by atoms with van der Waals surface area (Å²) in [4.78, 5) is 0. The van der Waals surface area contributed by atoms with E-state index in [4.69, 9.17) is 16.3 Å². The molecule has 2 nitrogen and oxygen atoms in total. The Bertz CT molecular complexity index is 632. The van der Waals surface area contributed by atoms with Crippen molar-refractivity contribution in [3.8, 4) is 11.5 Å². The summed E-state index contributed by atoms with van der Waals surface area (Å²) in [5.41, 5.74) is 0.614. The predicted molar refractivity (Wildman–Crippen MR) is 79.9 cm³/mol. The Labute approximate surface area is 127 Å². The van der Waals surface area contributed by atoms with E-state index < -0.39 is 11.6 Å². The van der Waals surface area contributed by atoms with Gasteiger partial charge in [0.2, 0.25) is 0 Å². The summed E-state index contributed by atoms with van der Waals surface area (Å²) in [5, 5.41) is 3.11. The summed E-state index contributed by atoms with van der Waals surface area (Å²) >= 11 is 5.70. The molecule has 0 atom stereocenters. The SMILES string of the molecule is CC(C)NCc1cccc(F)c1Oc1cccc(Cl)c1F. The molecule has 1 N–H and O–H groups in total. The summed E-state index contributed by atoms with van der Waals surface area (Å²) in [5.74, 6) is -1.34. The van der Waals surface area contributed by atoms with Crippen LogP contribution in [-0.4, -0.2) is 6.04 Å². The zero-order valence-electron chi connectivity index (χ0n) is 11.8. The van der Waals surface area contributed by atoms with Crippen LogP contribution in [0.5, 0.6) is 11.5 Å². The zero-order valence-corrected chi connectivity index (χ0v) is 12.5. The molecule has 0 saturated carbocycles. The van der Waals surface area contributed by atoms with Gasteiger partial charge in [-0.2, -0.15) is 0 Å². The molecule has 0 fully saturated rings. The minimum absolute atomic E-state index is 0.00631. The third kappa shape index (κ3) is 3.93. The van der Waals surface area contributed by atoms with Crippen LogP contribution < -0.4 is 10.1 Å². The highest BCUT2D eigenvalue weighted by atomic mass is 35.5. The third-order valence-corrected chi connectivity index (χ3v) is 3.17. The Morgan fingerprint density at radius 1 is 1.14 bits per heavy atom.